The molecule has 0 radical (unpaired) electrons. The summed E-state index contributed by atoms with van der Waals surface area (Å²) in [6.07, 6.45) is 6.99. The normalized spacial score (nSPS) is 17.4. The zero-order valence-corrected chi connectivity index (χ0v) is 9.99. The minimum atomic E-state index is 0.883. The molecule has 1 unspecified atom stereocenters. The summed E-state index contributed by atoms with van der Waals surface area (Å²) >= 11 is 1.93. The van der Waals surface area contributed by atoms with E-state index in [1.807, 2.05) is 11.8 Å². The molecule has 0 N–H and O–H groups in total. The highest BCUT2D eigenvalue weighted by molar-refractivity contribution is 8.12. The molecule has 1 heterocycles. The van der Waals surface area contributed by atoms with Crippen LogP contribution in [0.15, 0.2) is 10.3 Å². The summed E-state index contributed by atoms with van der Waals surface area (Å²) in [5, 5.41) is 2.28. The lowest BCUT2D eigenvalue weighted by Gasteiger charge is -2.10. The zero-order valence-electron chi connectivity index (χ0n) is 9.18. The van der Waals surface area contributed by atoms with E-state index in [9.17, 15) is 0 Å². The van der Waals surface area contributed by atoms with E-state index in [1.165, 1.54) is 32.1 Å². The first-order valence-electron chi connectivity index (χ1n) is 5.54. The predicted molar refractivity (Wildman–Crippen MR) is 62.8 cm³/mol. The van der Waals surface area contributed by atoms with Crippen molar-refractivity contribution >= 4 is 11.8 Å². The Hall–Kier alpha value is 0.0900. The van der Waals surface area contributed by atoms with Crippen molar-refractivity contribution in [3.8, 4) is 0 Å². The van der Waals surface area contributed by atoms with E-state index >= 15 is 0 Å². The quantitative estimate of drug-likeness (QED) is 0.565. The van der Waals surface area contributed by atoms with Gasteiger partial charge in [-0.05, 0) is 35.0 Å². The molecule has 1 heteroatoms. The Kier molecular flexibility index (Phi) is 4.93. The molecule has 1 atom stereocenters. The van der Waals surface area contributed by atoms with Crippen LogP contribution in [0.5, 0.6) is 0 Å². The van der Waals surface area contributed by atoms with Crippen LogP contribution in [-0.4, -0.2) is 0 Å². The van der Waals surface area contributed by atoms with E-state index in [0.29, 0.717) is 0 Å². The number of hydrogen-bond acceptors (Lipinski definition) is 1. The molecule has 1 rings (SSSR count). The first-order valence-corrected chi connectivity index (χ1v) is 6.42. The molecular formula is C12H22S. The predicted octanol–water partition coefficient (Wildman–Crippen LogP) is 4.82. The molecule has 0 bridgehead atoms. The fourth-order valence-corrected chi connectivity index (χ4v) is 2.00. The van der Waals surface area contributed by atoms with Crippen LogP contribution in [0, 0.1) is 11.8 Å². The average molecular weight is 198 g/mol. The molecule has 76 valence electrons. The molecule has 0 aromatic carbocycles. The number of rotatable bonds is 7. The van der Waals surface area contributed by atoms with Crippen molar-refractivity contribution in [3.05, 3.63) is 10.3 Å². The summed E-state index contributed by atoms with van der Waals surface area (Å²) in [5.74, 6) is 1.81. The smallest absolute Gasteiger partial charge is 0.00416 e. The maximum Gasteiger partial charge on any atom is -0.00416 e. The molecule has 0 nitrogen and oxygen atoms in total. The summed E-state index contributed by atoms with van der Waals surface area (Å²) < 4.78 is 0. The van der Waals surface area contributed by atoms with Gasteiger partial charge in [-0.3, -0.25) is 0 Å². The highest BCUT2D eigenvalue weighted by Crippen LogP contribution is 2.38. The highest BCUT2D eigenvalue weighted by atomic mass is 32.2. The van der Waals surface area contributed by atoms with Crippen molar-refractivity contribution in [1.82, 2.24) is 0 Å². The number of hydrogen-bond donors (Lipinski definition) is 0. The molecule has 13 heavy (non-hydrogen) atoms. The lowest BCUT2D eigenvalue weighted by Crippen LogP contribution is -1.96. The van der Waals surface area contributed by atoms with Gasteiger partial charge < -0.3 is 0 Å². The molecular weight excluding hydrogens is 176 g/mol. The Labute approximate surface area is 87.2 Å². The Bertz CT molecular complexity index is 170. The lowest BCUT2D eigenvalue weighted by molar-refractivity contribution is 0.439. The minimum Gasteiger partial charge on any atom is -0.101 e. The van der Waals surface area contributed by atoms with Crippen molar-refractivity contribution in [2.75, 3.05) is 0 Å². The largest absolute Gasteiger partial charge is 0.101 e. The first kappa shape index (κ1) is 11.2. The SMILES string of the molecule is CC(C)CCCC(C)CCC1=CS1. The summed E-state index contributed by atoms with van der Waals surface area (Å²) in [5.41, 5.74) is 0. The van der Waals surface area contributed by atoms with Gasteiger partial charge in [-0.1, -0.05) is 40.0 Å². The van der Waals surface area contributed by atoms with E-state index in [2.05, 4.69) is 26.2 Å². The van der Waals surface area contributed by atoms with Crippen LogP contribution >= 0.6 is 11.8 Å². The third-order valence-electron chi connectivity index (χ3n) is 2.65. The van der Waals surface area contributed by atoms with Crippen molar-refractivity contribution in [3.63, 3.8) is 0 Å². The van der Waals surface area contributed by atoms with Gasteiger partial charge in [0.2, 0.25) is 0 Å². The Morgan fingerprint density at radius 3 is 2.38 bits per heavy atom. The third kappa shape index (κ3) is 6.20. The molecule has 0 spiro atoms. The second-order valence-corrected chi connectivity index (χ2v) is 5.67. The standard InChI is InChI=1S/C12H22S/c1-10(2)5-4-6-11(3)7-8-12-9-13-12/h9-11H,4-8H2,1-3H3. The molecule has 0 amide bonds. The van der Waals surface area contributed by atoms with E-state index in [0.717, 1.165) is 11.8 Å². The van der Waals surface area contributed by atoms with Gasteiger partial charge in [0.15, 0.2) is 0 Å². The van der Waals surface area contributed by atoms with Crippen LogP contribution in [0.25, 0.3) is 0 Å². The average Bonchev–Trinajstić information content (AvgIpc) is 2.83. The van der Waals surface area contributed by atoms with Gasteiger partial charge in [-0.25, -0.2) is 0 Å². The van der Waals surface area contributed by atoms with Gasteiger partial charge in [0.05, 0.1) is 0 Å². The fraction of sp³-hybridized carbons (Fsp3) is 0.833. The maximum absolute atomic E-state index is 2.40. The topological polar surface area (TPSA) is 0 Å². The third-order valence-corrected chi connectivity index (χ3v) is 3.42. The lowest BCUT2D eigenvalue weighted by atomic mass is 9.96. The Morgan fingerprint density at radius 1 is 1.15 bits per heavy atom. The molecule has 0 saturated carbocycles. The monoisotopic (exact) mass is 198 g/mol. The van der Waals surface area contributed by atoms with E-state index in [1.54, 1.807) is 4.91 Å². The van der Waals surface area contributed by atoms with E-state index in [-0.39, 0.29) is 0 Å². The zero-order chi connectivity index (χ0) is 9.68. The van der Waals surface area contributed by atoms with Crippen molar-refractivity contribution < 1.29 is 0 Å². The summed E-state index contributed by atoms with van der Waals surface area (Å²) in [6.45, 7) is 7.03. The van der Waals surface area contributed by atoms with Crippen LogP contribution < -0.4 is 0 Å². The van der Waals surface area contributed by atoms with Gasteiger partial charge in [0.1, 0.15) is 0 Å². The van der Waals surface area contributed by atoms with Crippen LogP contribution in [0.2, 0.25) is 0 Å². The minimum absolute atomic E-state index is 0.883. The van der Waals surface area contributed by atoms with E-state index < -0.39 is 0 Å². The summed E-state index contributed by atoms with van der Waals surface area (Å²) in [4.78, 5) is 1.62. The van der Waals surface area contributed by atoms with Gasteiger partial charge in [0, 0.05) is 0 Å². The summed E-state index contributed by atoms with van der Waals surface area (Å²) in [6, 6.07) is 0. The molecule has 1 aliphatic heterocycles. The van der Waals surface area contributed by atoms with Crippen LogP contribution in [0.4, 0.5) is 0 Å². The van der Waals surface area contributed by atoms with Crippen molar-refractivity contribution in [2.45, 2.75) is 52.9 Å². The molecule has 0 aromatic rings. The van der Waals surface area contributed by atoms with Gasteiger partial charge in [-0.15, -0.1) is 11.8 Å². The Balaban J connectivity index is 1.90. The molecule has 0 aliphatic carbocycles. The van der Waals surface area contributed by atoms with Crippen molar-refractivity contribution in [1.29, 1.82) is 0 Å². The van der Waals surface area contributed by atoms with Gasteiger partial charge in [-0.2, -0.15) is 0 Å². The highest BCUT2D eigenvalue weighted by Gasteiger charge is 2.10. The maximum atomic E-state index is 2.40. The molecule has 0 fully saturated rings. The number of allylic oxidation sites excluding steroid dienone is 1. The molecule has 0 aromatic heterocycles. The first-order chi connectivity index (χ1) is 6.18. The fourth-order valence-electron chi connectivity index (χ4n) is 1.57. The molecule has 0 saturated heterocycles. The van der Waals surface area contributed by atoms with Gasteiger partial charge >= 0.3 is 0 Å². The Morgan fingerprint density at radius 2 is 1.85 bits per heavy atom. The summed E-state index contributed by atoms with van der Waals surface area (Å²) in [7, 11) is 0. The van der Waals surface area contributed by atoms with Crippen LogP contribution in [0.3, 0.4) is 0 Å². The second kappa shape index (κ2) is 5.74. The van der Waals surface area contributed by atoms with E-state index in [4.69, 9.17) is 0 Å². The number of thioether (sulfide) groups is 1. The van der Waals surface area contributed by atoms with Crippen molar-refractivity contribution in [2.24, 2.45) is 11.8 Å². The van der Waals surface area contributed by atoms with Gasteiger partial charge in [0.25, 0.3) is 0 Å². The second-order valence-electron chi connectivity index (χ2n) is 4.67. The van der Waals surface area contributed by atoms with Crippen LogP contribution in [-0.2, 0) is 0 Å². The molecule has 1 aliphatic rings. The van der Waals surface area contributed by atoms with Crippen LogP contribution in [0.1, 0.15) is 52.9 Å².